The minimum atomic E-state index is -0.547. The highest BCUT2D eigenvalue weighted by Gasteiger charge is 2.09. The second-order valence-corrected chi connectivity index (χ2v) is 7.42. The third kappa shape index (κ3) is 7.60. The number of amides is 1. The van der Waals surface area contributed by atoms with E-state index in [2.05, 4.69) is 5.32 Å². The fourth-order valence-electron chi connectivity index (χ4n) is 2.30. The lowest BCUT2D eigenvalue weighted by atomic mass is 10.1. The number of nitrogens with one attached hydrogen (secondary N) is 1. The molecule has 0 aliphatic rings. The molecule has 0 saturated carbocycles. The summed E-state index contributed by atoms with van der Waals surface area (Å²) in [6.07, 6.45) is -0.332. The van der Waals surface area contributed by atoms with Crippen molar-refractivity contribution in [1.29, 1.82) is 0 Å². The van der Waals surface area contributed by atoms with Gasteiger partial charge in [-0.2, -0.15) is 0 Å². The Balaban J connectivity index is 1.65. The van der Waals surface area contributed by atoms with Crippen LogP contribution in [0.2, 0.25) is 0 Å². The Labute approximate surface area is 160 Å². The zero-order valence-corrected chi connectivity index (χ0v) is 16.2. The van der Waals surface area contributed by atoms with Crippen LogP contribution in [0.1, 0.15) is 36.6 Å². The van der Waals surface area contributed by atoms with Crippen molar-refractivity contribution in [3.8, 4) is 0 Å². The predicted molar refractivity (Wildman–Crippen MR) is 107 cm³/mol. The molecule has 4 nitrogen and oxygen atoms in total. The van der Waals surface area contributed by atoms with Crippen molar-refractivity contribution in [2.75, 3.05) is 11.5 Å². The first kappa shape index (κ1) is 20.5. The Morgan fingerprint density at radius 3 is 2.38 bits per heavy atom. The van der Waals surface area contributed by atoms with E-state index in [4.69, 9.17) is 4.74 Å². The highest BCUT2D eigenvalue weighted by atomic mass is 32.2. The number of hydrogen-bond acceptors (Lipinski definition) is 4. The second kappa shape index (κ2) is 11.0. The minimum Gasteiger partial charge on any atom is -0.388 e. The lowest BCUT2D eigenvalue weighted by molar-refractivity contribution is -0.118. The molecule has 0 aliphatic heterocycles. The Hall–Kier alpha value is -1.82. The van der Waals surface area contributed by atoms with E-state index in [1.165, 1.54) is 11.8 Å². The van der Waals surface area contributed by atoms with Crippen molar-refractivity contribution in [2.24, 2.45) is 0 Å². The van der Waals surface area contributed by atoms with Gasteiger partial charge in [0.05, 0.1) is 24.6 Å². The number of rotatable bonds is 10. The van der Waals surface area contributed by atoms with Crippen molar-refractivity contribution in [3.05, 3.63) is 71.3 Å². The van der Waals surface area contributed by atoms with Gasteiger partial charge >= 0.3 is 0 Å². The van der Waals surface area contributed by atoms with Crippen LogP contribution >= 0.6 is 11.8 Å². The summed E-state index contributed by atoms with van der Waals surface area (Å²) in [5.74, 6) is 0.814. The maximum atomic E-state index is 11.9. The number of hydrogen-bond donors (Lipinski definition) is 2. The molecule has 1 atom stereocenters. The molecule has 1 unspecified atom stereocenters. The van der Waals surface area contributed by atoms with E-state index >= 15 is 0 Å². The smallest absolute Gasteiger partial charge is 0.230 e. The molecule has 5 heteroatoms. The van der Waals surface area contributed by atoms with Gasteiger partial charge < -0.3 is 15.2 Å². The number of thioether (sulfide) groups is 1. The third-order valence-electron chi connectivity index (χ3n) is 3.79. The van der Waals surface area contributed by atoms with Gasteiger partial charge in [-0.3, -0.25) is 4.79 Å². The topological polar surface area (TPSA) is 58.6 Å². The molecule has 0 saturated heterocycles. The molecule has 0 aliphatic carbocycles. The van der Waals surface area contributed by atoms with Gasteiger partial charge in [0, 0.05) is 12.3 Å². The molecule has 0 fully saturated rings. The molecular formula is C21H27NO3S. The molecule has 2 aromatic carbocycles. The van der Waals surface area contributed by atoms with Crippen LogP contribution < -0.4 is 5.32 Å². The van der Waals surface area contributed by atoms with Crippen molar-refractivity contribution in [3.63, 3.8) is 0 Å². The van der Waals surface area contributed by atoms with Crippen LogP contribution in [-0.2, 0) is 22.7 Å². The average molecular weight is 374 g/mol. The Bertz CT molecular complexity index is 659. The summed E-state index contributed by atoms with van der Waals surface area (Å²) in [5.41, 5.74) is 3.06. The molecule has 2 N–H and O–H groups in total. The number of aliphatic hydroxyl groups is 1. The number of benzene rings is 2. The number of carbonyl (C=O) groups excluding carboxylic acids is 1. The van der Waals surface area contributed by atoms with Gasteiger partial charge in [-0.05, 0) is 30.5 Å². The lowest BCUT2D eigenvalue weighted by Gasteiger charge is -2.11. The zero-order valence-electron chi connectivity index (χ0n) is 15.4. The van der Waals surface area contributed by atoms with E-state index in [9.17, 15) is 9.90 Å². The highest BCUT2D eigenvalue weighted by molar-refractivity contribution is 7.99. The summed E-state index contributed by atoms with van der Waals surface area (Å²) in [6.45, 7) is 5.14. The summed E-state index contributed by atoms with van der Waals surface area (Å²) in [5, 5.41) is 13.0. The van der Waals surface area contributed by atoms with Gasteiger partial charge in [-0.25, -0.2) is 0 Å². The largest absolute Gasteiger partial charge is 0.388 e. The van der Waals surface area contributed by atoms with Crippen molar-refractivity contribution < 1.29 is 14.6 Å². The highest BCUT2D eigenvalue weighted by Crippen LogP contribution is 2.17. The standard InChI is InChI=1S/C21H27NO3S/c1-16(2)25-13-18-10-8-17(9-11-18)12-22-21(24)15-26-14-20(23)19-6-4-3-5-7-19/h3-11,16,20,23H,12-15H2,1-2H3,(H,22,24). The van der Waals surface area contributed by atoms with Crippen LogP contribution in [0.25, 0.3) is 0 Å². The molecule has 0 spiro atoms. The predicted octanol–water partition coefficient (Wildman–Crippen LogP) is 3.69. The zero-order chi connectivity index (χ0) is 18.8. The fraction of sp³-hybridized carbons (Fsp3) is 0.381. The molecule has 2 rings (SSSR count). The van der Waals surface area contributed by atoms with Gasteiger partial charge in [0.25, 0.3) is 0 Å². The van der Waals surface area contributed by atoms with Crippen molar-refractivity contribution >= 4 is 17.7 Å². The second-order valence-electron chi connectivity index (χ2n) is 6.39. The van der Waals surface area contributed by atoms with E-state index in [-0.39, 0.29) is 12.0 Å². The molecule has 0 radical (unpaired) electrons. The monoisotopic (exact) mass is 373 g/mol. The van der Waals surface area contributed by atoms with Crippen LogP contribution in [0.3, 0.4) is 0 Å². The molecule has 0 aromatic heterocycles. The summed E-state index contributed by atoms with van der Waals surface area (Å²) in [7, 11) is 0. The molecule has 26 heavy (non-hydrogen) atoms. The van der Waals surface area contributed by atoms with E-state index in [1.54, 1.807) is 0 Å². The fourth-order valence-corrected chi connectivity index (χ4v) is 3.12. The Kier molecular flexibility index (Phi) is 8.68. The maximum absolute atomic E-state index is 11.9. The van der Waals surface area contributed by atoms with Crippen molar-refractivity contribution in [1.82, 2.24) is 5.32 Å². The van der Waals surface area contributed by atoms with E-state index in [0.717, 1.165) is 16.7 Å². The summed E-state index contributed by atoms with van der Waals surface area (Å²) in [4.78, 5) is 11.9. The molecule has 140 valence electrons. The number of carbonyl (C=O) groups is 1. The molecule has 1 amide bonds. The minimum absolute atomic E-state index is 0.0255. The first-order valence-corrected chi connectivity index (χ1v) is 9.97. The normalized spacial score (nSPS) is 12.2. The number of ether oxygens (including phenoxy) is 1. The van der Waals surface area contributed by atoms with E-state index < -0.39 is 6.10 Å². The quantitative estimate of drug-likeness (QED) is 0.667. The van der Waals surface area contributed by atoms with Crippen LogP contribution in [-0.4, -0.2) is 28.6 Å². The van der Waals surface area contributed by atoms with Crippen LogP contribution in [0, 0.1) is 0 Å². The Morgan fingerprint density at radius 1 is 1.08 bits per heavy atom. The molecule has 0 heterocycles. The van der Waals surface area contributed by atoms with Gasteiger partial charge in [0.1, 0.15) is 0 Å². The average Bonchev–Trinajstić information content (AvgIpc) is 2.66. The SMILES string of the molecule is CC(C)OCc1ccc(CNC(=O)CSCC(O)c2ccccc2)cc1. The lowest BCUT2D eigenvalue weighted by Crippen LogP contribution is -2.25. The van der Waals surface area contributed by atoms with Crippen LogP contribution in [0.5, 0.6) is 0 Å². The van der Waals surface area contributed by atoms with E-state index in [1.807, 2.05) is 68.4 Å². The first-order chi connectivity index (χ1) is 12.5. The number of aliphatic hydroxyl groups excluding tert-OH is 1. The van der Waals surface area contributed by atoms with Gasteiger partial charge in [0.15, 0.2) is 0 Å². The molecule has 0 bridgehead atoms. The van der Waals surface area contributed by atoms with Gasteiger partial charge in [-0.1, -0.05) is 54.6 Å². The maximum Gasteiger partial charge on any atom is 0.230 e. The molecular weight excluding hydrogens is 346 g/mol. The van der Waals surface area contributed by atoms with Crippen LogP contribution in [0.4, 0.5) is 0 Å². The summed E-state index contributed by atoms with van der Waals surface area (Å²) in [6, 6.07) is 17.6. The van der Waals surface area contributed by atoms with E-state index in [0.29, 0.717) is 24.7 Å². The third-order valence-corrected chi connectivity index (χ3v) is 4.81. The Morgan fingerprint density at radius 2 is 1.73 bits per heavy atom. The van der Waals surface area contributed by atoms with Gasteiger partial charge in [0.2, 0.25) is 5.91 Å². The molecule has 2 aromatic rings. The summed E-state index contributed by atoms with van der Waals surface area (Å²) < 4.78 is 5.57. The van der Waals surface area contributed by atoms with Crippen LogP contribution in [0.15, 0.2) is 54.6 Å². The summed E-state index contributed by atoms with van der Waals surface area (Å²) >= 11 is 1.43. The van der Waals surface area contributed by atoms with Crippen molar-refractivity contribution in [2.45, 2.75) is 39.2 Å². The van der Waals surface area contributed by atoms with Gasteiger partial charge in [-0.15, -0.1) is 11.8 Å². The first-order valence-electron chi connectivity index (χ1n) is 8.81.